The maximum Gasteiger partial charge on any atom is 0.129 e. The first-order valence-electron chi connectivity index (χ1n) is 4.54. The van der Waals surface area contributed by atoms with E-state index in [0.717, 1.165) is 10.2 Å². The Kier molecular flexibility index (Phi) is 3.56. The van der Waals surface area contributed by atoms with E-state index in [1.807, 2.05) is 38.1 Å². The predicted octanol–water partition coefficient (Wildman–Crippen LogP) is 2.99. The molecule has 1 N–H and O–H groups in total. The van der Waals surface area contributed by atoms with Crippen molar-refractivity contribution in [2.75, 3.05) is 0 Å². The van der Waals surface area contributed by atoms with Gasteiger partial charge in [0.05, 0.1) is 6.10 Å². The molecule has 1 atom stereocenters. The van der Waals surface area contributed by atoms with Gasteiger partial charge in [0.15, 0.2) is 0 Å². The summed E-state index contributed by atoms with van der Waals surface area (Å²) < 4.78 is 6.66. The van der Waals surface area contributed by atoms with Crippen LogP contribution in [-0.2, 0) is 0 Å². The minimum atomic E-state index is -0.562. The fourth-order valence-electron chi connectivity index (χ4n) is 0.892. The first kappa shape index (κ1) is 11.5. The lowest BCUT2D eigenvalue weighted by Gasteiger charge is -2.29. The van der Waals surface area contributed by atoms with E-state index in [2.05, 4.69) is 15.9 Å². The molecule has 0 fully saturated rings. The van der Waals surface area contributed by atoms with Crippen LogP contribution in [0.5, 0.6) is 5.75 Å². The third-order valence-electron chi connectivity index (χ3n) is 2.20. The summed E-state index contributed by atoms with van der Waals surface area (Å²) in [6.07, 6.45) is -0.508. The highest BCUT2D eigenvalue weighted by Gasteiger charge is 2.25. The lowest BCUT2D eigenvalue weighted by molar-refractivity contribution is -0.0176. The van der Waals surface area contributed by atoms with E-state index in [-0.39, 0.29) is 0 Å². The van der Waals surface area contributed by atoms with E-state index >= 15 is 0 Å². The van der Waals surface area contributed by atoms with E-state index in [1.165, 1.54) is 0 Å². The second-order valence-corrected chi connectivity index (χ2v) is 4.75. The summed E-state index contributed by atoms with van der Waals surface area (Å²) in [7, 11) is 0. The van der Waals surface area contributed by atoms with Crippen LogP contribution in [-0.4, -0.2) is 16.8 Å². The first-order chi connectivity index (χ1) is 6.42. The highest BCUT2D eigenvalue weighted by atomic mass is 79.9. The van der Waals surface area contributed by atoms with Crippen LogP contribution in [0.4, 0.5) is 0 Å². The molecule has 14 heavy (non-hydrogen) atoms. The van der Waals surface area contributed by atoms with Gasteiger partial charge in [-0.3, -0.25) is 0 Å². The van der Waals surface area contributed by atoms with Gasteiger partial charge in [0.25, 0.3) is 0 Å². The molecule has 78 valence electrons. The minimum absolute atomic E-state index is 0.508. The average Bonchev–Trinajstić information content (AvgIpc) is 2.08. The number of ether oxygens (including phenoxy) is 1. The number of hydrogen-bond acceptors (Lipinski definition) is 2. The van der Waals surface area contributed by atoms with Crippen LogP contribution in [0.15, 0.2) is 28.7 Å². The number of aliphatic hydroxyl groups excluding tert-OH is 1. The number of hydrogen-bond donors (Lipinski definition) is 1. The maximum atomic E-state index is 9.46. The smallest absolute Gasteiger partial charge is 0.129 e. The Bertz CT molecular complexity index is 291. The second kappa shape index (κ2) is 4.32. The Morgan fingerprint density at radius 2 is 1.79 bits per heavy atom. The van der Waals surface area contributed by atoms with Crippen molar-refractivity contribution in [3.05, 3.63) is 28.7 Å². The third-order valence-corrected chi connectivity index (χ3v) is 2.73. The molecule has 0 aliphatic heterocycles. The van der Waals surface area contributed by atoms with Crippen LogP contribution in [0.3, 0.4) is 0 Å². The maximum absolute atomic E-state index is 9.46. The molecule has 1 aromatic rings. The molecule has 1 aromatic carbocycles. The van der Waals surface area contributed by atoms with Gasteiger partial charge in [-0.15, -0.1) is 0 Å². The lowest BCUT2D eigenvalue weighted by Crippen LogP contribution is -2.39. The summed E-state index contributed by atoms with van der Waals surface area (Å²) in [6, 6.07) is 7.56. The van der Waals surface area contributed by atoms with Gasteiger partial charge in [-0.05, 0) is 45.0 Å². The molecule has 2 nitrogen and oxygen atoms in total. The normalized spacial score (nSPS) is 13.8. The fraction of sp³-hybridized carbons (Fsp3) is 0.455. The Hall–Kier alpha value is -0.540. The SMILES string of the molecule is CC(O)C(C)(C)Oc1ccc(Br)cc1. The van der Waals surface area contributed by atoms with Crippen LogP contribution in [0.1, 0.15) is 20.8 Å². The zero-order valence-corrected chi connectivity index (χ0v) is 10.2. The Morgan fingerprint density at radius 1 is 1.29 bits per heavy atom. The van der Waals surface area contributed by atoms with E-state index in [0.29, 0.717) is 0 Å². The Balaban J connectivity index is 2.74. The summed E-state index contributed by atoms with van der Waals surface area (Å²) in [5.74, 6) is 0.763. The minimum Gasteiger partial charge on any atom is -0.485 e. The van der Waals surface area contributed by atoms with Crippen LogP contribution < -0.4 is 4.74 Å². The Morgan fingerprint density at radius 3 is 2.21 bits per heavy atom. The molecular weight excluding hydrogens is 244 g/mol. The van der Waals surface area contributed by atoms with Gasteiger partial charge >= 0.3 is 0 Å². The van der Waals surface area contributed by atoms with Crippen LogP contribution in [0.2, 0.25) is 0 Å². The van der Waals surface area contributed by atoms with Crippen molar-refractivity contribution in [1.82, 2.24) is 0 Å². The van der Waals surface area contributed by atoms with Gasteiger partial charge in [-0.25, -0.2) is 0 Å². The molecule has 0 aliphatic rings. The fourth-order valence-corrected chi connectivity index (χ4v) is 1.16. The van der Waals surface area contributed by atoms with E-state index in [1.54, 1.807) is 6.92 Å². The topological polar surface area (TPSA) is 29.5 Å². The first-order valence-corrected chi connectivity index (χ1v) is 5.34. The highest BCUT2D eigenvalue weighted by Crippen LogP contribution is 2.22. The lowest BCUT2D eigenvalue weighted by atomic mass is 10.0. The molecule has 0 spiro atoms. The molecule has 0 aliphatic carbocycles. The Labute approximate surface area is 93.0 Å². The van der Waals surface area contributed by atoms with Crippen molar-refractivity contribution in [3.63, 3.8) is 0 Å². The largest absolute Gasteiger partial charge is 0.485 e. The van der Waals surface area contributed by atoms with Gasteiger partial charge in [0.2, 0.25) is 0 Å². The molecule has 0 bridgehead atoms. The molecule has 1 unspecified atom stereocenters. The summed E-state index contributed by atoms with van der Waals surface area (Å²) >= 11 is 3.35. The molecule has 1 rings (SSSR count). The molecule has 0 aromatic heterocycles. The quantitative estimate of drug-likeness (QED) is 0.904. The molecule has 0 radical (unpaired) electrons. The highest BCUT2D eigenvalue weighted by molar-refractivity contribution is 9.10. The monoisotopic (exact) mass is 258 g/mol. The van der Waals surface area contributed by atoms with Crippen molar-refractivity contribution < 1.29 is 9.84 Å². The molecule has 3 heteroatoms. The van der Waals surface area contributed by atoms with E-state index in [4.69, 9.17) is 4.74 Å². The van der Waals surface area contributed by atoms with Crippen molar-refractivity contribution in [3.8, 4) is 5.75 Å². The second-order valence-electron chi connectivity index (χ2n) is 3.84. The van der Waals surface area contributed by atoms with Gasteiger partial charge < -0.3 is 9.84 Å². The average molecular weight is 259 g/mol. The summed E-state index contributed by atoms with van der Waals surface area (Å²) in [5.41, 5.74) is -0.562. The molecular formula is C11H15BrO2. The zero-order valence-electron chi connectivity index (χ0n) is 8.62. The molecule has 0 saturated carbocycles. The number of rotatable bonds is 3. The predicted molar refractivity (Wildman–Crippen MR) is 60.5 cm³/mol. The van der Waals surface area contributed by atoms with Gasteiger partial charge in [-0.1, -0.05) is 15.9 Å². The van der Waals surface area contributed by atoms with Crippen molar-refractivity contribution >= 4 is 15.9 Å². The molecule has 0 saturated heterocycles. The van der Waals surface area contributed by atoms with Crippen LogP contribution >= 0.6 is 15.9 Å². The number of benzene rings is 1. The summed E-state index contributed by atoms with van der Waals surface area (Å²) in [4.78, 5) is 0. The number of halogens is 1. The summed E-state index contributed by atoms with van der Waals surface area (Å²) in [5, 5.41) is 9.46. The van der Waals surface area contributed by atoms with Crippen molar-refractivity contribution in [1.29, 1.82) is 0 Å². The van der Waals surface area contributed by atoms with Crippen LogP contribution in [0.25, 0.3) is 0 Å². The summed E-state index contributed by atoms with van der Waals surface area (Å²) in [6.45, 7) is 5.44. The van der Waals surface area contributed by atoms with Crippen LogP contribution in [0, 0.1) is 0 Å². The zero-order chi connectivity index (χ0) is 10.8. The number of aliphatic hydroxyl groups is 1. The molecule has 0 amide bonds. The third kappa shape index (κ3) is 3.00. The van der Waals surface area contributed by atoms with Crippen molar-refractivity contribution in [2.45, 2.75) is 32.5 Å². The van der Waals surface area contributed by atoms with E-state index in [9.17, 15) is 5.11 Å². The van der Waals surface area contributed by atoms with E-state index < -0.39 is 11.7 Å². The van der Waals surface area contributed by atoms with Gasteiger partial charge in [-0.2, -0.15) is 0 Å². The molecule has 0 heterocycles. The standard InChI is InChI=1S/C11H15BrO2/c1-8(13)11(2,3)14-10-6-4-9(12)5-7-10/h4-8,13H,1-3H3. The van der Waals surface area contributed by atoms with Crippen molar-refractivity contribution in [2.24, 2.45) is 0 Å². The van der Waals surface area contributed by atoms with Gasteiger partial charge in [0, 0.05) is 4.47 Å². The van der Waals surface area contributed by atoms with Gasteiger partial charge in [0.1, 0.15) is 11.4 Å².